The second-order valence-corrected chi connectivity index (χ2v) is 4.70. The molecule has 1 aromatic rings. The third kappa shape index (κ3) is 4.53. The van der Waals surface area contributed by atoms with Gasteiger partial charge in [-0.25, -0.2) is 4.98 Å². The van der Waals surface area contributed by atoms with Crippen LogP contribution in [-0.4, -0.2) is 23.5 Å². The summed E-state index contributed by atoms with van der Waals surface area (Å²) in [6, 6.07) is 5.43. The first-order valence-corrected chi connectivity index (χ1v) is 5.97. The highest BCUT2D eigenvalue weighted by molar-refractivity contribution is 5.92. The second kappa shape index (κ2) is 6.35. The molecule has 1 heterocycles. The van der Waals surface area contributed by atoms with Gasteiger partial charge in [0.05, 0.1) is 0 Å². The minimum Gasteiger partial charge on any atom is -0.347 e. The molecule has 0 aromatic carbocycles. The lowest BCUT2D eigenvalue weighted by Crippen LogP contribution is -2.41. The molecule has 0 spiro atoms. The standard InChI is InChI=1S/C13H21N3O/c1-9(2)7-11(8-14)16-13(17)12-6-4-5-10(3)15-12/h4-6,9,11H,7-8,14H2,1-3H3,(H,16,17). The summed E-state index contributed by atoms with van der Waals surface area (Å²) in [6.45, 7) is 6.54. The minimum atomic E-state index is -0.148. The Kier molecular flexibility index (Phi) is 5.10. The fourth-order valence-corrected chi connectivity index (χ4v) is 1.71. The average Bonchev–Trinajstić information content (AvgIpc) is 2.27. The number of nitrogens with two attached hydrogens (primary N) is 1. The van der Waals surface area contributed by atoms with Crippen LogP contribution in [-0.2, 0) is 0 Å². The van der Waals surface area contributed by atoms with Crippen molar-refractivity contribution in [2.24, 2.45) is 11.7 Å². The Morgan fingerprint density at radius 2 is 2.18 bits per heavy atom. The number of aryl methyl sites for hydroxylation is 1. The Balaban J connectivity index is 2.64. The van der Waals surface area contributed by atoms with Crippen molar-refractivity contribution >= 4 is 5.91 Å². The lowest BCUT2D eigenvalue weighted by atomic mass is 10.0. The molecule has 1 atom stereocenters. The van der Waals surface area contributed by atoms with E-state index in [1.54, 1.807) is 6.07 Å². The summed E-state index contributed by atoms with van der Waals surface area (Å²) >= 11 is 0. The smallest absolute Gasteiger partial charge is 0.270 e. The number of carbonyl (C=O) groups excluding carboxylic acids is 1. The summed E-state index contributed by atoms with van der Waals surface area (Å²) in [5.74, 6) is 0.360. The molecule has 0 aliphatic carbocycles. The number of rotatable bonds is 5. The molecular weight excluding hydrogens is 214 g/mol. The van der Waals surface area contributed by atoms with Crippen LogP contribution in [0, 0.1) is 12.8 Å². The van der Waals surface area contributed by atoms with Crippen molar-refractivity contribution in [1.29, 1.82) is 0 Å². The van der Waals surface area contributed by atoms with Gasteiger partial charge in [0.1, 0.15) is 5.69 Å². The zero-order chi connectivity index (χ0) is 12.8. The van der Waals surface area contributed by atoms with Crippen molar-refractivity contribution in [3.8, 4) is 0 Å². The number of aromatic nitrogens is 1. The average molecular weight is 235 g/mol. The fraction of sp³-hybridized carbons (Fsp3) is 0.538. The van der Waals surface area contributed by atoms with Gasteiger partial charge in [0.25, 0.3) is 5.91 Å². The largest absolute Gasteiger partial charge is 0.347 e. The van der Waals surface area contributed by atoms with Gasteiger partial charge in [0, 0.05) is 18.3 Å². The van der Waals surface area contributed by atoms with E-state index in [9.17, 15) is 4.79 Å². The molecule has 0 radical (unpaired) electrons. The number of nitrogens with zero attached hydrogens (tertiary/aromatic N) is 1. The van der Waals surface area contributed by atoms with Crippen LogP contribution in [0.1, 0.15) is 36.5 Å². The van der Waals surface area contributed by atoms with Crippen LogP contribution in [0.3, 0.4) is 0 Å². The van der Waals surface area contributed by atoms with Gasteiger partial charge in [0.15, 0.2) is 0 Å². The van der Waals surface area contributed by atoms with Crippen LogP contribution >= 0.6 is 0 Å². The van der Waals surface area contributed by atoms with Crippen LogP contribution < -0.4 is 11.1 Å². The van der Waals surface area contributed by atoms with Crippen molar-refractivity contribution in [2.75, 3.05) is 6.54 Å². The first kappa shape index (κ1) is 13.6. The number of nitrogens with one attached hydrogen (secondary N) is 1. The second-order valence-electron chi connectivity index (χ2n) is 4.70. The SMILES string of the molecule is Cc1cccc(C(=O)NC(CN)CC(C)C)n1. The number of pyridine rings is 1. The molecule has 0 saturated carbocycles. The Morgan fingerprint density at radius 1 is 1.47 bits per heavy atom. The van der Waals surface area contributed by atoms with Crippen molar-refractivity contribution in [1.82, 2.24) is 10.3 Å². The molecule has 94 valence electrons. The lowest BCUT2D eigenvalue weighted by molar-refractivity contribution is 0.0928. The van der Waals surface area contributed by atoms with Gasteiger partial charge in [-0.2, -0.15) is 0 Å². The zero-order valence-electron chi connectivity index (χ0n) is 10.7. The highest BCUT2D eigenvalue weighted by Gasteiger charge is 2.14. The van der Waals surface area contributed by atoms with Crippen molar-refractivity contribution in [3.05, 3.63) is 29.6 Å². The maximum absolute atomic E-state index is 11.9. The molecule has 3 N–H and O–H groups in total. The molecule has 0 saturated heterocycles. The predicted molar refractivity (Wildman–Crippen MR) is 68.7 cm³/mol. The number of hydrogen-bond donors (Lipinski definition) is 2. The van der Waals surface area contributed by atoms with Gasteiger partial charge >= 0.3 is 0 Å². The van der Waals surface area contributed by atoms with E-state index in [0.717, 1.165) is 12.1 Å². The van der Waals surface area contributed by atoms with E-state index in [1.165, 1.54) is 0 Å². The number of hydrogen-bond acceptors (Lipinski definition) is 3. The van der Waals surface area contributed by atoms with Crippen molar-refractivity contribution < 1.29 is 4.79 Å². The molecule has 0 aliphatic rings. The molecule has 1 amide bonds. The molecule has 0 aliphatic heterocycles. The van der Waals surface area contributed by atoms with E-state index in [1.807, 2.05) is 19.1 Å². The van der Waals surface area contributed by atoms with Gasteiger partial charge in [-0.05, 0) is 31.4 Å². The van der Waals surface area contributed by atoms with Gasteiger partial charge < -0.3 is 11.1 Å². The summed E-state index contributed by atoms with van der Waals surface area (Å²) in [5.41, 5.74) is 6.93. The monoisotopic (exact) mass is 235 g/mol. The molecule has 0 fully saturated rings. The third-order valence-electron chi connectivity index (χ3n) is 2.50. The van der Waals surface area contributed by atoms with E-state index in [4.69, 9.17) is 5.73 Å². The van der Waals surface area contributed by atoms with Crippen LogP contribution in [0.25, 0.3) is 0 Å². The van der Waals surface area contributed by atoms with E-state index in [0.29, 0.717) is 18.2 Å². The molecule has 0 bridgehead atoms. The molecule has 4 heteroatoms. The van der Waals surface area contributed by atoms with Gasteiger partial charge in [0.2, 0.25) is 0 Å². The quantitative estimate of drug-likeness (QED) is 0.812. The van der Waals surface area contributed by atoms with Crippen molar-refractivity contribution in [2.45, 2.75) is 33.2 Å². The van der Waals surface area contributed by atoms with Crippen molar-refractivity contribution in [3.63, 3.8) is 0 Å². The Hall–Kier alpha value is -1.42. The van der Waals surface area contributed by atoms with Gasteiger partial charge in [-0.1, -0.05) is 19.9 Å². The maximum Gasteiger partial charge on any atom is 0.270 e. The van der Waals surface area contributed by atoms with Crippen LogP contribution in [0.2, 0.25) is 0 Å². The summed E-state index contributed by atoms with van der Waals surface area (Å²) in [6.07, 6.45) is 0.883. The molecule has 4 nitrogen and oxygen atoms in total. The normalized spacial score (nSPS) is 12.5. The van der Waals surface area contributed by atoms with E-state index in [2.05, 4.69) is 24.1 Å². The highest BCUT2D eigenvalue weighted by Crippen LogP contribution is 2.05. The predicted octanol–water partition coefficient (Wildman–Crippen LogP) is 1.49. The summed E-state index contributed by atoms with van der Waals surface area (Å²) in [7, 11) is 0. The summed E-state index contributed by atoms with van der Waals surface area (Å²) in [5, 5.41) is 2.92. The van der Waals surface area contributed by atoms with E-state index in [-0.39, 0.29) is 11.9 Å². The van der Waals surface area contributed by atoms with E-state index >= 15 is 0 Å². The molecule has 1 rings (SSSR count). The van der Waals surface area contributed by atoms with Crippen LogP contribution in [0.5, 0.6) is 0 Å². The molecule has 1 unspecified atom stereocenters. The minimum absolute atomic E-state index is 0.0183. The molecule has 1 aromatic heterocycles. The number of amides is 1. The maximum atomic E-state index is 11.9. The summed E-state index contributed by atoms with van der Waals surface area (Å²) < 4.78 is 0. The zero-order valence-corrected chi connectivity index (χ0v) is 10.7. The Labute approximate surface area is 103 Å². The van der Waals surface area contributed by atoms with Gasteiger partial charge in [-0.15, -0.1) is 0 Å². The van der Waals surface area contributed by atoms with Gasteiger partial charge in [-0.3, -0.25) is 4.79 Å². The van der Waals surface area contributed by atoms with E-state index < -0.39 is 0 Å². The fourth-order valence-electron chi connectivity index (χ4n) is 1.71. The Morgan fingerprint density at radius 3 is 2.71 bits per heavy atom. The molecular formula is C13H21N3O. The lowest BCUT2D eigenvalue weighted by Gasteiger charge is -2.18. The van der Waals surface area contributed by atoms with Crippen LogP contribution in [0.4, 0.5) is 0 Å². The summed E-state index contributed by atoms with van der Waals surface area (Å²) in [4.78, 5) is 16.1. The first-order chi connectivity index (χ1) is 8.02. The first-order valence-electron chi connectivity index (χ1n) is 5.97. The topological polar surface area (TPSA) is 68.0 Å². The highest BCUT2D eigenvalue weighted by atomic mass is 16.1. The third-order valence-corrected chi connectivity index (χ3v) is 2.50. The van der Waals surface area contributed by atoms with Crippen LogP contribution in [0.15, 0.2) is 18.2 Å². The number of carbonyl (C=O) groups is 1. The molecule has 17 heavy (non-hydrogen) atoms. The Bertz CT molecular complexity index is 377.